The molecule has 4 nitrogen and oxygen atoms in total. The molecule has 2 rings (SSSR count). The van der Waals surface area contributed by atoms with E-state index in [-0.39, 0.29) is 30.6 Å². The van der Waals surface area contributed by atoms with E-state index in [9.17, 15) is 14.0 Å². The molecule has 1 atom stereocenters. The third-order valence-corrected chi connectivity index (χ3v) is 3.14. The molecule has 1 saturated carbocycles. The van der Waals surface area contributed by atoms with Crippen LogP contribution in [-0.4, -0.2) is 23.0 Å². The highest BCUT2D eigenvalue weighted by Gasteiger charge is 2.26. The molecule has 2 N–H and O–H groups in total. The van der Waals surface area contributed by atoms with Crippen molar-refractivity contribution in [2.45, 2.75) is 37.6 Å². The lowest BCUT2D eigenvalue weighted by Crippen LogP contribution is -2.27. The van der Waals surface area contributed by atoms with Gasteiger partial charge in [-0.2, -0.15) is 0 Å². The van der Waals surface area contributed by atoms with Crippen LogP contribution in [0.1, 0.15) is 37.2 Å². The highest BCUT2D eigenvalue weighted by Crippen LogP contribution is 2.25. The Labute approximate surface area is 110 Å². The van der Waals surface area contributed by atoms with Crippen LogP contribution in [0.4, 0.5) is 4.39 Å². The maximum absolute atomic E-state index is 12.9. The monoisotopic (exact) mass is 265 g/mol. The van der Waals surface area contributed by atoms with Gasteiger partial charge < -0.3 is 10.4 Å². The van der Waals surface area contributed by atoms with Crippen molar-refractivity contribution >= 4 is 11.9 Å². The summed E-state index contributed by atoms with van der Waals surface area (Å²) in [4.78, 5) is 22.6. The molecule has 0 spiro atoms. The average Bonchev–Trinajstić information content (AvgIpc) is 3.12. The topological polar surface area (TPSA) is 66.4 Å². The number of halogens is 1. The fourth-order valence-corrected chi connectivity index (χ4v) is 1.99. The van der Waals surface area contributed by atoms with Crippen molar-refractivity contribution in [1.82, 2.24) is 5.32 Å². The molecule has 1 aliphatic carbocycles. The van der Waals surface area contributed by atoms with Gasteiger partial charge >= 0.3 is 5.97 Å². The van der Waals surface area contributed by atoms with E-state index in [0.717, 1.165) is 12.8 Å². The number of benzene rings is 1. The maximum Gasteiger partial charge on any atom is 0.303 e. The third-order valence-electron chi connectivity index (χ3n) is 3.14. The minimum Gasteiger partial charge on any atom is -0.481 e. The Bertz CT molecular complexity index is 468. The van der Waals surface area contributed by atoms with Gasteiger partial charge in [0.15, 0.2) is 0 Å². The average molecular weight is 265 g/mol. The summed E-state index contributed by atoms with van der Waals surface area (Å²) in [6, 6.07) is 5.89. The van der Waals surface area contributed by atoms with Gasteiger partial charge in [0.1, 0.15) is 5.82 Å². The number of carbonyl (C=O) groups excluding carboxylic acids is 1. The van der Waals surface area contributed by atoms with Crippen molar-refractivity contribution in [3.05, 3.63) is 35.6 Å². The van der Waals surface area contributed by atoms with E-state index in [2.05, 4.69) is 5.32 Å². The SMILES string of the molecule is O=C(O)C[C@H](CC(=O)NC1CC1)c1ccc(F)cc1. The van der Waals surface area contributed by atoms with Crippen molar-refractivity contribution in [3.63, 3.8) is 0 Å². The Morgan fingerprint density at radius 2 is 1.89 bits per heavy atom. The molecule has 0 aromatic heterocycles. The van der Waals surface area contributed by atoms with E-state index in [1.54, 1.807) is 0 Å². The molecule has 5 heteroatoms. The zero-order valence-corrected chi connectivity index (χ0v) is 10.4. The number of aliphatic carboxylic acids is 1. The zero-order valence-electron chi connectivity index (χ0n) is 10.4. The Morgan fingerprint density at radius 3 is 2.42 bits per heavy atom. The molecular formula is C14H16FNO3. The molecule has 1 aromatic carbocycles. The number of carbonyl (C=O) groups is 2. The van der Waals surface area contributed by atoms with Crippen LogP contribution in [-0.2, 0) is 9.59 Å². The molecule has 1 aromatic rings. The molecule has 0 aliphatic heterocycles. The largest absolute Gasteiger partial charge is 0.481 e. The van der Waals surface area contributed by atoms with Crippen molar-refractivity contribution in [2.24, 2.45) is 0 Å². The van der Waals surface area contributed by atoms with Crippen LogP contribution in [0.3, 0.4) is 0 Å². The maximum atomic E-state index is 12.9. The van der Waals surface area contributed by atoms with Crippen LogP contribution in [0.5, 0.6) is 0 Å². The fourth-order valence-electron chi connectivity index (χ4n) is 1.99. The summed E-state index contributed by atoms with van der Waals surface area (Å²) in [6.45, 7) is 0. The first-order valence-corrected chi connectivity index (χ1v) is 6.31. The number of rotatable bonds is 6. The predicted molar refractivity (Wildman–Crippen MR) is 67.2 cm³/mol. The van der Waals surface area contributed by atoms with E-state index in [1.165, 1.54) is 24.3 Å². The van der Waals surface area contributed by atoms with Gasteiger partial charge in [0.2, 0.25) is 5.91 Å². The first kappa shape index (κ1) is 13.5. The quantitative estimate of drug-likeness (QED) is 0.827. The molecule has 1 aliphatic rings. The number of hydrogen-bond donors (Lipinski definition) is 2. The second kappa shape index (κ2) is 5.82. The predicted octanol–water partition coefficient (Wildman–Crippen LogP) is 2.05. The fraction of sp³-hybridized carbons (Fsp3) is 0.429. The van der Waals surface area contributed by atoms with E-state index in [4.69, 9.17) is 5.11 Å². The van der Waals surface area contributed by atoms with Gasteiger partial charge in [0, 0.05) is 18.4 Å². The lowest BCUT2D eigenvalue weighted by molar-refractivity contribution is -0.137. The summed E-state index contributed by atoms with van der Waals surface area (Å²) in [7, 11) is 0. The van der Waals surface area contributed by atoms with Gasteiger partial charge in [-0.15, -0.1) is 0 Å². The third kappa shape index (κ3) is 4.35. The second-order valence-electron chi connectivity index (χ2n) is 4.89. The molecule has 1 amide bonds. The summed E-state index contributed by atoms with van der Waals surface area (Å²) in [5.41, 5.74) is 0.676. The number of carboxylic acid groups (broad SMARTS) is 1. The summed E-state index contributed by atoms with van der Waals surface area (Å²) in [5, 5.41) is 11.7. The van der Waals surface area contributed by atoms with Crippen LogP contribution in [0.25, 0.3) is 0 Å². The van der Waals surface area contributed by atoms with Gasteiger partial charge in [0.25, 0.3) is 0 Å². The molecule has 102 valence electrons. The van der Waals surface area contributed by atoms with Gasteiger partial charge in [-0.1, -0.05) is 12.1 Å². The minimum absolute atomic E-state index is 0.119. The number of carboxylic acids is 1. The molecule has 1 fully saturated rings. The van der Waals surface area contributed by atoms with E-state index < -0.39 is 11.9 Å². The normalized spacial score (nSPS) is 15.8. The lowest BCUT2D eigenvalue weighted by Gasteiger charge is -2.15. The van der Waals surface area contributed by atoms with E-state index in [1.807, 2.05) is 0 Å². The summed E-state index contributed by atoms with van der Waals surface area (Å²) in [5.74, 6) is -1.90. The highest BCUT2D eigenvalue weighted by molar-refractivity contribution is 5.78. The van der Waals surface area contributed by atoms with Gasteiger partial charge in [0.05, 0.1) is 6.42 Å². The van der Waals surface area contributed by atoms with Crippen LogP contribution in [0.2, 0.25) is 0 Å². The zero-order chi connectivity index (χ0) is 13.8. The summed E-state index contributed by atoms with van der Waals surface area (Å²) in [6.07, 6.45) is 1.97. The lowest BCUT2D eigenvalue weighted by atomic mass is 9.92. The molecule has 0 heterocycles. The van der Waals surface area contributed by atoms with Gasteiger partial charge in [-0.3, -0.25) is 9.59 Å². The van der Waals surface area contributed by atoms with E-state index in [0.29, 0.717) is 5.56 Å². The number of amides is 1. The molecule has 0 bridgehead atoms. The Hall–Kier alpha value is -1.91. The summed E-state index contributed by atoms with van der Waals surface area (Å²) < 4.78 is 12.9. The van der Waals surface area contributed by atoms with E-state index >= 15 is 0 Å². The van der Waals surface area contributed by atoms with Crippen molar-refractivity contribution in [2.75, 3.05) is 0 Å². The Kier molecular flexibility index (Phi) is 4.14. The summed E-state index contributed by atoms with van der Waals surface area (Å²) >= 11 is 0. The molecular weight excluding hydrogens is 249 g/mol. The molecule has 19 heavy (non-hydrogen) atoms. The van der Waals surface area contributed by atoms with Crippen LogP contribution in [0.15, 0.2) is 24.3 Å². The molecule has 0 saturated heterocycles. The number of nitrogens with one attached hydrogen (secondary N) is 1. The minimum atomic E-state index is -0.964. The molecule has 0 unspecified atom stereocenters. The molecule has 0 radical (unpaired) electrons. The smallest absolute Gasteiger partial charge is 0.303 e. The standard InChI is InChI=1S/C14H16FNO3/c15-11-3-1-9(2-4-11)10(8-14(18)19)7-13(17)16-12-5-6-12/h1-4,10,12H,5-8H2,(H,16,17)(H,18,19)/t10-/m0/s1. The van der Waals surface area contributed by atoms with Crippen molar-refractivity contribution < 1.29 is 19.1 Å². The first-order valence-electron chi connectivity index (χ1n) is 6.31. The van der Waals surface area contributed by atoms with Crippen molar-refractivity contribution in [1.29, 1.82) is 0 Å². The second-order valence-corrected chi connectivity index (χ2v) is 4.89. The van der Waals surface area contributed by atoms with Crippen LogP contribution >= 0.6 is 0 Å². The Balaban J connectivity index is 2.03. The van der Waals surface area contributed by atoms with Gasteiger partial charge in [-0.05, 0) is 30.5 Å². The highest BCUT2D eigenvalue weighted by atomic mass is 19.1. The number of hydrogen-bond acceptors (Lipinski definition) is 2. The van der Waals surface area contributed by atoms with Gasteiger partial charge in [-0.25, -0.2) is 4.39 Å². The van der Waals surface area contributed by atoms with Crippen molar-refractivity contribution in [3.8, 4) is 0 Å². The van der Waals surface area contributed by atoms with Crippen LogP contribution in [0, 0.1) is 5.82 Å². The Morgan fingerprint density at radius 1 is 1.26 bits per heavy atom. The first-order chi connectivity index (χ1) is 9.04. The van der Waals surface area contributed by atoms with Crippen LogP contribution < -0.4 is 5.32 Å².